The van der Waals surface area contributed by atoms with Gasteiger partial charge in [-0.25, -0.2) is 9.59 Å². The first-order valence-electron chi connectivity index (χ1n) is 8.32. The molecule has 0 bridgehead atoms. The van der Waals surface area contributed by atoms with Crippen LogP contribution in [-0.4, -0.2) is 28.1 Å². The van der Waals surface area contributed by atoms with Gasteiger partial charge in [0.2, 0.25) is 5.91 Å². The summed E-state index contributed by atoms with van der Waals surface area (Å²) in [7, 11) is 0. The second-order valence-electron chi connectivity index (χ2n) is 6.10. The maximum Gasteiger partial charge on any atom is 0.337 e. The molecule has 0 aliphatic carbocycles. The first-order valence-corrected chi connectivity index (χ1v) is 8.32. The van der Waals surface area contributed by atoms with Gasteiger partial charge in [-0.05, 0) is 47.0 Å². The largest absolute Gasteiger partial charge is 0.478 e. The van der Waals surface area contributed by atoms with Crippen LogP contribution in [0.3, 0.4) is 0 Å². The monoisotopic (exact) mass is 363 g/mol. The number of para-hydroxylation sites is 1. The van der Waals surface area contributed by atoms with E-state index in [-0.39, 0.29) is 29.1 Å². The van der Waals surface area contributed by atoms with E-state index >= 15 is 0 Å². The van der Waals surface area contributed by atoms with Crippen LogP contribution in [0.15, 0.2) is 60.7 Å². The molecular weight excluding hydrogens is 346 g/mol. The molecule has 0 aromatic heterocycles. The normalized spacial score (nSPS) is 10.5. The molecule has 0 saturated carbocycles. The molecule has 0 aliphatic rings. The summed E-state index contributed by atoms with van der Waals surface area (Å²) in [6.45, 7) is 0. The van der Waals surface area contributed by atoms with Crippen molar-refractivity contribution in [2.75, 3.05) is 5.32 Å². The summed E-state index contributed by atoms with van der Waals surface area (Å²) in [5.74, 6) is -2.34. The van der Waals surface area contributed by atoms with E-state index < -0.39 is 11.9 Å². The predicted molar refractivity (Wildman–Crippen MR) is 101 cm³/mol. The van der Waals surface area contributed by atoms with Gasteiger partial charge in [0.25, 0.3) is 0 Å². The topological polar surface area (TPSA) is 104 Å². The number of hydrogen-bond acceptors (Lipinski definition) is 3. The van der Waals surface area contributed by atoms with E-state index in [1.165, 1.54) is 6.07 Å². The van der Waals surface area contributed by atoms with Gasteiger partial charge in [-0.1, -0.05) is 36.4 Å². The van der Waals surface area contributed by atoms with Gasteiger partial charge >= 0.3 is 11.9 Å². The minimum Gasteiger partial charge on any atom is -0.478 e. The Kier molecular flexibility index (Phi) is 5.17. The number of carbonyl (C=O) groups is 3. The number of anilines is 1. The number of amides is 1. The van der Waals surface area contributed by atoms with Gasteiger partial charge in [0.15, 0.2) is 0 Å². The van der Waals surface area contributed by atoms with E-state index in [9.17, 15) is 14.4 Å². The highest BCUT2D eigenvalue weighted by molar-refractivity contribution is 6.00. The standard InChI is InChI=1S/C21H17NO5/c23-19(22-18-4-2-1-3-17(18)21(26)27)10-6-13-5-7-15-12-16(20(24)25)9-8-14(15)11-13/h1-5,7-9,11-12H,6,10H2,(H,22,23)(H,24,25)(H,26,27). The average Bonchev–Trinajstić information content (AvgIpc) is 2.66. The number of aryl methyl sites for hydroxylation is 1. The molecule has 1 amide bonds. The van der Waals surface area contributed by atoms with Gasteiger partial charge in [-0.3, -0.25) is 4.79 Å². The predicted octanol–water partition coefficient (Wildman–Crippen LogP) is 3.81. The van der Waals surface area contributed by atoms with Gasteiger partial charge in [0.1, 0.15) is 0 Å². The second kappa shape index (κ2) is 7.70. The number of nitrogens with one attached hydrogen (secondary N) is 1. The van der Waals surface area contributed by atoms with Crippen LogP contribution in [0.2, 0.25) is 0 Å². The van der Waals surface area contributed by atoms with E-state index in [1.54, 1.807) is 36.4 Å². The van der Waals surface area contributed by atoms with E-state index in [1.807, 2.05) is 18.2 Å². The quantitative estimate of drug-likeness (QED) is 0.618. The summed E-state index contributed by atoms with van der Waals surface area (Å²) >= 11 is 0. The Hall–Kier alpha value is -3.67. The number of aromatic carboxylic acids is 2. The Labute approximate surface area is 155 Å². The van der Waals surface area contributed by atoms with Gasteiger partial charge in [0.05, 0.1) is 16.8 Å². The minimum atomic E-state index is -1.10. The molecular formula is C21H17NO5. The molecule has 136 valence electrons. The molecule has 3 aromatic rings. The third kappa shape index (κ3) is 4.30. The Balaban J connectivity index is 1.68. The van der Waals surface area contributed by atoms with Crippen LogP contribution in [0.1, 0.15) is 32.7 Å². The summed E-state index contributed by atoms with van der Waals surface area (Å²) in [5.41, 5.74) is 1.49. The SMILES string of the molecule is O=C(CCc1ccc2cc(C(=O)O)ccc2c1)Nc1ccccc1C(=O)O. The molecule has 27 heavy (non-hydrogen) atoms. The summed E-state index contributed by atoms with van der Waals surface area (Å²) in [4.78, 5) is 34.4. The van der Waals surface area contributed by atoms with Crippen LogP contribution < -0.4 is 5.32 Å². The van der Waals surface area contributed by atoms with Crippen molar-refractivity contribution in [3.63, 3.8) is 0 Å². The van der Waals surface area contributed by atoms with Crippen molar-refractivity contribution in [3.05, 3.63) is 77.4 Å². The number of hydrogen-bond donors (Lipinski definition) is 3. The highest BCUT2D eigenvalue weighted by atomic mass is 16.4. The molecule has 0 heterocycles. The van der Waals surface area contributed by atoms with Crippen LogP contribution in [0.4, 0.5) is 5.69 Å². The van der Waals surface area contributed by atoms with Crippen LogP contribution in [-0.2, 0) is 11.2 Å². The van der Waals surface area contributed by atoms with Crippen molar-refractivity contribution >= 4 is 34.3 Å². The fourth-order valence-electron chi connectivity index (χ4n) is 2.83. The maximum absolute atomic E-state index is 12.2. The molecule has 0 aliphatic heterocycles. The number of fused-ring (bicyclic) bond motifs is 1. The average molecular weight is 363 g/mol. The maximum atomic E-state index is 12.2. The Morgan fingerprint density at radius 1 is 0.815 bits per heavy atom. The Bertz CT molecular complexity index is 1040. The summed E-state index contributed by atoms with van der Waals surface area (Å²) in [6.07, 6.45) is 0.685. The fraction of sp³-hybridized carbons (Fsp3) is 0.0952. The number of benzene rings is 3. The van der Waals surface area contributed by atoms with E-state index in [2.05, 4.69) is 5.32 Å². The molecule has 0 spiro atoms. The molecule has 3 N–H and O–H groups in total. The van der Waals surface area contributed by atoms with Gasteiger partial charge in [0, 0.05) is 6.42 Å². The van der Waals surface area contributed by atoms with Crippen LogP contribution in [0, 0.1) is 0 Å². The van der Waals surface area contributed by atoms with Crippen molar-refractivity contribution in [2.45, 2.75) is 12.8 Å². The fourth-order valence-corrected chi connectivity index (χ4v) is 2.83. The Morgan fingerprint density at radius 3 is 2.26 bits per heavy atom. The number of carbonyl (C=O) groups excluding carboxylic acids is 1. The highest BCUT2D eigenvalue weighted by Crippen LogP contribution is 2.20. The number of carboxylic acid groups (broad SMARTS) is 2. The molecule has 6 heteroatoms. The molecule has 0 radical (unpaired) electrons. The van der Waals surface area contributed by atoms with Crippen molar-refractivity contribution in [1.82, 2.24) is 0 Å². The van der Waals surface area contributed by atoms with E-state index in [0.717, 1.165) is 16.3 Å². The lowest BCUT2D eigenvalue weighted by Gasteiger charge is -2.09. The lowest BCUT2D eigenvalue weighted by Crippen LogP contribution is -2.15. The van der Waals surface area contributed by atoms with Gasteiger partial charge in [-0.2, -0.15) is 0 Å². The van der Waals surface area contributed by atoms with Crippen LogP contribution in [0.25, 0.3) is 10.8 Å². The Morgan fingerprint density at radius 2 is 1.52 bits per heavy atom. The third-order valence-corrected chi connectivity index (χ3v) is 4.22. The van der Waals surface area contributed by atoms with Gasteiger partial charge in [-0.15, -0.1) is 0 Å². The van der Waals surface area contributed by atoms with Crippen molar-refractivity contribution < 1.29 is 24.6 Å². The van der Waals surface area contributed by atoms with Crippen molar-refractivity contribution in [2.24, 2.45) is 0 Å². The highest BCUT2D eigenvalue weighted by Gasteiger charge is 2.12. The smallest absolute Gasteiger partial charge is 0.337 e. The first kappa shape index (κ1) is 18.1. The van der Waals surface area contributed by atoms with Crippen LogP contribution in [0.5, 0.6) is 0 Å². The zero-order valence-electron chi connectivity index (χ0n) is 14.3. The molecule has 3 rings (SSSR count). The molecule has 6 nitrogen and oxygen atoms in total. The minimum absolute atomic E-state index is 0.0470. The van der Waals surface area contributed by atoms with Crippen molar-refractivity contribution in [1.29, 1.82) is 0 Å². The lowest BCUT2D eigenvalue weighted by molar-refractivity contribution is -0.116. The number of rotatable bonds is 6. The second-order valence-corrected chi connectivity index (χ2v) is 6.10. The molecule has 0 atom stereocenters. The third-order valence-electron chi connectivity index (χ3n) is 4.22. The zero-order valence-corrected chi connectivity index (χ0v) is 14.3. The summed E-state index contributed by atoms with van der Waals surface area (Å²) in [5, 5.41) is 22.5. The zero-order chi connectivity index (χ0) is 19.4. The summed E-state index contributed by atoms with van der Waals surface area (Å²) < 4.78 is 0. The first-order chi connectivity index (χ1) is 12.9. The van der Waals surface area contributed by atoms with E-state index in [0.29, 0.717) is 6.42 Å². The lowest BCUT2D eigenvalue weighted by atomic mass is 10.0. The molecule has 3 aromatic carbocycles. The van der Waals surface area contributed by atoms with Crippen LogP contribution >= 0.6 is 0 Å². The van der Waals surface area contributed by atoms with Crippen molar-refractivity contribution in [3.8, 4) is 0 Å². The number of carboxylic acids is 2. The molecule has 0 fully saturated rings. The summed E-state index contributed by atoms with van der Waals surface area (Å²) in [6, 6.07) is 16.7. The van der Waals surface area contributed by atoms with Gasteiger partial charge < -0.3 is 15.5 Å². The molecule has 0 unspecified atom stereocenters. The molecule has 0 saturated heterocycles. The van der Waals surface area contributed by atoms with E-state index in [4.69, 9.17) is 10.2 Å².